The quantitative estimate of drug-likeness (QED) is 0.533. The molecule has 0 radical (unpaired) electrons. The van der Waals surface area contributed by atoms with E-state index in [2.05, 4.69) is 9.97 Å². The van der Waals surface area contributed by atoms with Crippen LogP contribution in [0.4, 0.5) is 0 Å². The molecule has 0 saturated heterocycles. The first-order valence-corrected chi connectivity index (χ1v) is 3.14. The summed E-state index contributed by atoms with van der Waals surface area (Å²) < 4.78 is 0. The number of nitrogens with two attached hydrogens (primary N) is 1. The van der Waals surface area contributed by atoms with Crippen molar-refractivity contribution >= 4 is 0 Å². The van der Waals surface area contributed by atoms with E-state index in [1.54, 1.807) is 19.3 Å². The first-order valence-electron chi connectivity index (χ1n) is 3.14. The van der Waals surface area contributed by atoms with Gasteiger partial charge in [-0.3, -0.25) is 0 Å². The fraction of sp³-hybridized carbons (Fsp3) is 0.500. The molecule has 1 rings (SSSR count). The van der Waals surface area contributed by atoms with Crippen LogP contribution in [-0.2, 0) is 0 Å². The molecule has 4 N–H and O–H groups in total. The summed E-state index contributed by atoms with van der Waals surface area (Å²) >= 11 is 0. The number of aromatic nitrogens is 2. The van der Waals surface area contributed by atoms with Gasteiger partial charge in [0.05, 0.1) is 12.1 Å². The molecule has 0 saturated carbocycles. The van der Waals surface area contributed by atoms with Crippen molar-refractivity contribution in [2.45, 2.75) is 19.1 Å². The van der Waals surface area contributed by atoms with Gasteiger partial charge in [-0.1, -0.05) is 0 Å². The fourth-order valence-corrected chi connectivity index (χ4v) is 0.688. The SMILES string of the molecule is CC(O)[C@H](N)c1ncc[nH]1. The zero-order valence-electron chi connectivity index (χ0n) is 5.78. The lowest BCUT2D eigenvalue weighted by molar-refractivity contribution is 0.161. The highest BCUT2D eigenvalue weighted by Crippen LogP contribution is 2.06. The number of hydrogen-bond acceptors (Lipinski definition) is 3. The average molecular weight is 141 g/mol. The van der Waals surface area contributed by atoms with Crippen LogP contribution in [0, 0.1) is 0 Å². The highest BCUT2D eigenvalue weighted by molar-refractivity contribution is 4.95. The maximum atomic E-state index is 9.01. The van der Waals surface area contributed by atoms with E-state index in [9.17, 15) is 0 Å². The van der Waals surface area contributed by atoms with E-state index >= 15 is 0 Å². The van der Waals surface area contributed by atoms with E-state index in [0.29, 0.717) is 5.82 Å². The van der Waals surface area contributed by atoms with E-state index in [1.807, 2.05) is 0 Å². The summed E-state index contributed by atoms with van der Waals surface area (Å²) in [6.45, 7) is 1.63. The third-order valence-electron chi connectivity index (χ3n) is 1.35. The Morgan fingerprint density at radius 1 is 1.80 bits per heavy atom. The third-order valence-corrected chi connectivity index (χ3v) is 1.35. The van der Waals surface area contributed by atoms with Crippen molar-refractivity contribution < 1.29 is 5.11 Å². The van der Waals surface area contributed by atoms with Gasteiger partial charge in [0, 0.05) is 12.4 Å². The van der Waals surface area contributed by atoms with Crippen LogP contribution >= 0.6 is 0 Å². The summed E-state index contributed by atoms with van der Waals surface area (Å²) in [5.41, 5.74) is 5.54. The molecule has 56 valence electrons. The van der Waals surface area contributed by atoms with Crippen LogP contribution in [0.3, 0.4) is 0 Å². The zero-order chi connectivity index (χ0) is 7.56. The highest BCUT2D eigenvalue weighted by Gasteiger charge is 2.12. The number of H-pyrrole nitrogens is 1. The van der Waals surface area contributed by atoms with Gasteiger partial charge >= 0.3 is 0 Å². The number of imidazole rings is 1. The van der Waals surface area contributed by atoms with E-state index in [1.165, 1.54) is 0 Å². The molecule has 0 aromatic carbocycles. The maximum Gasteiger partial charge on any atom is 0.125 e. The van der Waals surface area contributed by atoms with Crippen molar-refractivity contribution in [3.05, 3.63) is 18.2 Å². The molecule has 0 fully saturated rings. The molecule has 0 aliphatic heterocycles. The van der Waals surface area contributed by atoms with Crippen LogP contribution in [0.25, 0.3) is 0 Å². The molecule has 10 heavy (non-hydrogen) atoms. The van der Waals surface area contributed by atoms with Crippen LogP contribution in [-0.4, -0.2) is 21.2 Å². The number of aliphatic hydroxyl groups is 1. The van der Waals surface area contributed by atoms with Gasteiger partial charge in [0.15, 0.2) is 0 Å². The topological polar surface area (TPSA) is 74.9 Å². The lowest BCUT2D eigenvalue weighted by atomic mass is 10.2. The monoisotopic (exact) mass is 141 g/mol. The number of nitrogens with zero attached hydrogens (tertiary/aromatic N) is 1. The molecular weight excluding hydrogens is 130 g/mol. The van der Waals surface area contributed by atoms with E-state index in [4.69, 9.17) is 10.8 Å². The molecule has 4 nitrogen and oxygen atoms in total. The van der Waals surface area contributed by atoms with Gasteiger partial charge in [-0.2, -0.15) is 0 Å². The van der Waals surface area contributed by atoms with Crippen molar-refractivity contribution in [2.75, 3.05) is 0 Å². The molecule has 1 aromatic rings. The molecule has 0 bridgehead atoms. The minimum absolute atomic E-state index is 0.407. The zero-order valence-corrected chi connectivity index (χ0v) is 5.78. The minimum Gasteiger partial charge on any atom is -0.391 e. The van der Waals surface area contributed by atoms with E-state index in [-0.39, 0.29) is 0 Å². The normalized spacial score (nSPS) is 16.7. The largest absolute Gasteiger partial charge is 0.391 e. The van der Waals surface area contributed by atoms with Crippen molar-refractivity contribution in [1.29, 1.82) is 0 Å². The molecule has 0 aliphatic carbocycles. The first kappa shape index (κ1) is 7.24. The van der Waals surface area contributed by atoms with Crippen LogP contribution in [0.1, 0.15) is 18.8 Å². The first-order chi connectivity index (χ1) is 4.72. The number of nitrogens with one attached hydrogen (secondary N) is 1. The van der Waals surface area contributed by atoms with E-state index in [0.717, 1.165) is 0 Å². The minimum atomic E-state index is -0.564. The van der Waals surface area contributed by atoms with Gasteiger partial charge in [0.1, 0.15) is 5.82 Å². The Kier molecular flexibility index (Phi) is 2.03. The smallest absolute Gasteiger partial charge is 0.125 e. The average Bonchev–Trinajstić information content (AvgIpc) is 2.36. The number of aliphatic hydroxyl groups excluding tert-OH is 1. The van der Waals surface area contributed by atoms with Gasteiger partial charge in [0.25, 0.3) is 0 Å². The Morgan fingerprint density at radius 3 is 2.90 bits per heavy atom. The van der Waals surface area contributed by atoms with Gasteiger partial charge in [-0.25, -0.2) is 4.98 Å². The predicted octanol–water partition coefficient (Wildman–Crippen LogP) is -0.210. The molecule has 0 aliphatic rings. The Bertz CT molecular complexity index is 183. The van der Waals surface area contributed by atoms with Crippen molar-refractivity contribution in [3.8, 4) is 0 Å². The molecule has 1 unspecified atom stereocenters. The Hall–Kier alpha value is -0.870. The summed E-state index contributed by atoms with van der Waals surface area (Å²) in [7, 11) is 0. The summed E-state index contributed by atoms with van der Waals surface area (Å²) in [6.07, 6.45) is 2.72. The molecule has 1 heterocycles. The molecule has 2 atom stereocenters. The Morgan fingerprint density at radius 2 is 2.50 bits per heavy atom. The summed E-state index contributed by atoms with van der Waals surface area (Å²) in [6, 6.07) is -0.407. The summed E-state index contributed by atoms with van der Waals surface area (Å²) in [4.78, 5) is 6.72. The third kappa shape index (κ3) is 1.34. The standard InChI is InChI=1S/C6H11N3O/c1-4(10)5(7)6-8-2-3-9-6/h2-5,10H,7H2,1H3,(H,8,9)/t4?,5-/m0/s1. The highest BCUT2D eigenvalue weighted by atomic mass is 16.3. The van der Waals surface area contributed by atoms with Crippen LogP contribution < -0.4 is 5.73 Å². The number of hydrogen-bond donors (Lipinski definition) is 3. The lowest BCUT2D eigenvalue weighted by Crippen LogP contribution is -2.24. The second-order valence-electron chi connectivity index (χ2n) is 2.24. The van der Waals surface area contributed by atoms with Crippen LogP contribution in [0.2, 0.25) is 0 Å². The summed E-state index contributed by atoms with van der Waals surface area (Å²) in [5.74, 6) is 0.620. The van der Waals surface area contributed by atoms with Gasteiger partial charge in [0.2, 0.25) is 0 Å². The molecule has 0 amide bonds. The second-order valence-corrected chi connectivity index (χ2v) is 2.24. The molecule has 0 spiro atoms. The van der Waals surface area contributed by atoms with Crippen LogP contribution in [0.5, 0.6) is 0 Å². The summed E-state index contributed by atoms with van der Waals surface area (Å²) in [5, 5.41) is 9.01. The fourth-order valence-electron chi connectivity index (χ4n) is 0.688. The number of aromatic amines is 1. The van der Waals surface area contributed by atoms with E-state index < -0.39 is 12.1 Å². The van der Waals surface area contributed by atoms with Crippen molar-refractivity contribution in [3.63, 3.8) is 0 Å². The molecule has 1 aromatic heterocycles. The predicted molar refractivity (Wildman–Crippen MR) is 37.2 cm³/mol. The number of rotatable bonds is 2. The Labute approximate surface area is 59.1 Å². The van der Waals surface area contributed by atoms with Gasteiger partial charge < -0.3 is 15.8 Å². The molecular formula is C6H11N3O. The van der Waals surface area contributed by atoms with Crippen molar-refractivity contribution in [1.82, 2.24) is 9.97 Å². The lowest BCUT2D eigenvalue weighted by Gasteiger charge is -2.10. The molecule has 4 heteroatoms. The van der Waals surface area contributed by atoms with Gasteiger partial charge in [-0.05, 0) is 6.92 Å². The Balaban J connectivity index is 2.68. The van der Waals surface area contributed by atoms with Gasteiger partial charge in [-0.15, -0.1) is 0 Å². The van der Waals surface area contributed by atoms with Crippen molar-refractivity contribution in [2.24, 2.45) is 5.73 Å². The van der Waals surface area contributed by atoms with Crippen LogP contribution in [0.15, 0.2) is 12.4 Å². The maximum absolute atomic E-state index is 9.01. The second kappa shape index (κ2) is 2.81.